The average molecular weight is 1680 g/mol. The fraction of sp³-hybridized carbons (Fsp3) is 0.864. The van der Waals surface area contributed by atoms with Crippen LogP contribution in [0.2, 0.25) is 90.7 Å². The molecule has 0 unspecified atom stereocenters. The summed E-state index contributed by atoms with van der Waals surface area (Å²) < 4.78 is 112. The lowest BCUT2D eigenvalue weighted by Gasteiger charge is -2.55. The number of hydrogen-bond donors (Lipinski definition) is 0. The molecule has 0 amide bonds. The second-order valence-electron chi connectivity index (χ2n) is 38.1. The predicted molar refractivity (Wildman–Crippen MR) is 461 cm³/mol. The van der Waals surface area contributed by atoms with Gasteiger partial charge >= 0.3 is 17.9 Å². The Morgan fingerprint density at radius 2 is 1.19 bits per heavy atom. The minimum absolute atomic E-state index is 0.0132. The number of carbonyl (C=O) groups excluding carboxylic acids is 4. The van der Waals surface area contributed by atoms with Crippen LogP contribution in [0.4, 0.5) is 0 Å². The molecule has 0 bridgehead atoms. The van der Waals surface area contributed by atoms with E-state index in [0.717, 1.165) is 73.7 Å². The van der Waals surface area contributed by atoms with Gasteiger partial charge in [0.25, 0.3) is 0 Å². The third-order valence-electron chi connectivity index (χ3n) is 28.1. The molecular weight excluding hydrogens is 1520 g/mol. The fourth-order valence-electron chi connectivity index (χ4n) is 18.4. The van der Waals surface area contributed by atoms with Gasteiger partial charge in [0.15, 0.2) is 58.9 Å². The fourth-order valence-corrected chi connectivity index (χ4v) is 30.0. The first-order chi connectivity index (χ1) is 52.7. The summed E-state index contributed by atoms with van der Waals surface area (Å²) >= 11 is 0. The Morgan fingerprint density at radius 1 is 0.628 bits per heavy atom. The van der Waals surface area contributed by atoms with E-state index in [4.69, 9.17) is 74.2 Å². The van der Waals surface area contributed by atoms with Crippen LogP contribution in [0.1, 0.15) is 249 Å². The van der Waals surface area contributed by atoms with Crippen molar-refractivity contribution in [2.45, 2.75) is 442 Å². The molecule has 0 aromatic heterocycles. The summed E-state index contributed by atoms with van der Waals surface area (Å²) in [6.45, 7) is 64.9. The van der Waals surface area contributed by atoms with Gasteiger partial charge in [0.2, 0.25) is 0 Å². The van der Waals surface area contributed by atoms with Crippen molar-refractivity contribution in [1.29, 1.82) is 0 Å². The minimum Gasteiger partial charge on any atom is -0.495 e. The summed E-state index contributed by atoms with van der Waals surface area (Å²) in [7, 11) is -7.87. The molecule has 0 saturated carbocycles. The van der Waals surface area contributed by atoms with Crippen LogP contribution in [-0.4, -0.2) is 188 Å². The number of carbonyl (C=O) groups is 4. The summed E-state index contributed by atoms with van der Waals surface area (Å²) in [6.07, 6.45) is 10.5. The Labute approximate surface area is 690 Å². The van der Waals surface area contributed by atoms with E-state index in [0.29, 0.717) is 56.9 Å². The number of hydrogen-bond acceptors (Lipinski definition) is 20. The lowest BCUT2D eigenvalue weighted by molar-refractivity contribution is -0.347. The zero-order valence-corrected chi connectivity index (χ0v) is 81.0. The van der Waals surface area contributed by atoms with Gasteiger partial charge < -0.3 is 74.2 Å². The van der Waals surface area contributed by atoms with Crippen LogP contribution in [0.5, 0.6) is 0 Å². The van der Waals surface area contributed by atoms with E-state index in [1.165, 1.54) is 19.9 Å². The van der Waals surface area contributed by atoms with Crippen LogP contribution < -0.4 is 0 Å². The van der Waals surface area contributed by atoms with Crippen molar-refractivity contribution in [3.8, 4) is 0 Å². The molecule has 652 valence electrons. The molecular formula is C88H160O20Si5. The molecule has 0 aromatic rings. The predicted octanol–water partition coefficient (Wildman–Crippen LogP) is 20.7. The van der Waals surface area contributed by atoms with Crippen molar-refractivity contribution in [2.24, 2.45) is 23.7 Å². The molecule has 0 aromatic carbocycles. The second kappa shape index (κ2) is 41.8. The summed E-state index contributed by atoms with van der Waals surface area (Å²) in [6, 6.07) is 8.72. The first-order valence-electron chi connectivity index (χ1n) is 43.9. The van der Waals surface area contributed by atoms with Crippen LogP contribution in [-0.2, 0) is 93.4 Å². The second-order valence-corrected chi connectivity index (χ2v) is 61.7. The number of allylic oxidation sites excluding steroid dienone is 1. The van der Waals surface area contributed by atoms with Crippen LogP contribution in [0.15, 0.2) is 49.3 Å². The molecule has 21 atom stereocenters. The van der Waals surface area contributed by atoms with Gasteiger partial charge in [-0.25, -0.2) is 0 Å². The van der Waals surface area contributed by atoms with Gasteiger partial charge in [0.05, 0.1) is 79.1 Å². The van der Waals surface area contributed by atoms with Gasteiger partial charge in [-0.3, -0.25) is 19.2 Å². The molecule has 5 saturated heterocycles. The topological polar surface area (TPSA) is 216 Å². The lowest BCUT2D eigenvalue weighted by atomic mass is 9.78. The number of esters is 3. The smallest absolute Gasteiger partial charge is 0.308 e. The van der Waals surface area contributed by atoms with Gasteiger partial charge in [-0.2, -0.15) is 0 Å². The quantitative estimate of drug-likeness (QED) is 0.0182. The normalized spacial score (nSPS) is 32.2. The maximum absolute atomic E-state index is 15.2. The van der Waals surface area contributed by atoms with Crippen molar-refractivity contribution in [1.82, 2.24) is 0 Å². The summed E-state index contributed by atoms with van der Waals surface area (Å²) in [5, 5.41) is -0.118. The molecule has 25 heteroatoms. The van der Waals surface area contributed by atoms with E-state index in [-0.39, 0.29) is 96.6 Å². The Kier molecular flexibility index (Phi) is 36.7. The highest BCUT2D eigenvalue weighted by Crippen LogP contribution is 2.53. The van der Waals surface area contributed by atoms with Crippen LogP contribution >= 0.6 is 0 Å². The maximum Gasteiger partial charge on any atom is 0.308 e. The first kappa shape index (κ1) is 99.3. The van der Waals surface area contributed by atoms with E-state index in [1.54, 1.807) is 14.2 Å². The van der Waals surface area contributed by atoms with Crippen molar-refractivity contribution in [3.05, 3.63) is 49.3 Å². The van der Waals surface area contributed by atoms with E-state index in [9.17, 15) is 14.4 Å². The monoisotopic (exact) mass is 1680 g/mol. The molecule has 5 fully saturated rings. The van der Waals surface area contributed by atoms with Gasteiger partial charge in [0.1, 0.15) is 36.8 Å². The van der Waals surface area contributed by atoms with Gasteiger partial charge in [-0.1, -0.05) is 169 Å². The number of ether oxygens (including phenoxy) is 11. The van der Waals surface area contributed by atoms with Crippen LogP contribution in [0.3, 0.4) is 0 Å². The number of unbranched alkanes of at least 4 members (excludes halogenated alkanes) is 1. The number of methoxy groups -OCH3 is 2. The molecule has 6 heterocycles. The standard InChI is InChI=1S/C88H160O20Si5/c1-31-47-95-79(92)54-70-52-72(97-66(16)89)57-87(101-70)60-85(24,108-113(38-8,39-9)40-10)55-73(102-87)49-61(11)62(12)80(98-67(17)90)63(13)75(91)53-69-51-71(93-25)56-86(100-69)58-74(104-109(27,28)83(18,19)20)50-68(99-86)44-42-41-43-45-76-64(14)78(105-110(29,30)84(21,22)23)59-88(94-26,103-76)82(107-112(35-5,36-6)37-7)81-65(15)77(46-48-96-81)106-111(32-2,33-3)34-4/h31,42,44,46,48,62-65,68-74,76-78,80-82H,1,11,32-41,43,45,47,49-60H2,2-10,12-30H3/b44-42+/t62-,63-,64+,65-,68+,69+,70-,71+,72+,73+,74+,76-,77+,78+,80+,81-,82+,85+,86-,87-,88-/m1/s1. The molecule has 2 spiro atoms. The Morgan fingerprint density at radius 3 is 1.74 bits per heavy atom. The summed E-state index contributed by atoms with van der Waals surface area (Å²) in [4.78, 5) is 54.4. The molecule has 20 nitrogen and oxygen atoms in total. The zero-order valence-electron chi connectivity index (χ0n) is 76.0. The number of ketones is 1. The highest BCUT2D eigenvalue weighted by molar-refractivity contribution is 6.75. The van der Waals surface area contributed by atoms with E-state index >= 15 is 4.79 Å². The summed E-state index contributed by atoms with van der Waals surface area (Å²) in [5.41, 5.74) is -0.0441. The Hall–Kier alpha value is -2.56. The molecule has 6 rings (SSSR count). The van der Waals surface area contributed by atoms with Crippen molar-refractivity contribution in [3.63, 3.8) is 0 Å². The highest BCUT2D eigenvalue weighted by Gasteiger charge is 2.61. The molecule has 0 aliphatic carbocycles. The van der Waals surface area contributed by atoms with Crippen molar-refractivity contribution < 1.29 is 93.4 Å². The Balaban J connectivity index is 1.27. The Bertz CT molecular complexity index is 3080. The number of rotatable bonds is 42. The van der Waals surface area contributed by atoms with Gasteiger partial charge in [0, 0.05) is 110 Å². The van der Waals surface area contributed by atoms with Crippen molar-refractivity contribution in [2.75, 3.05) is 20.8 Å². The van der Waals surface area contributed by atoms with Crippen molar-refractivity contribution >= 4 is 65.3 Å². The highest BCUT2D eigenvalue weighted by atomic mass is 28.4. The largest absolute Gasteiger partial charge is 0.495 e. The van der Waals surface area contributed by atoms with Gasteiger partial charge in [-0.05, 0) is 129 Å². The number of Topliss-reactive ketones (excluding diaryl/α,β-unsaturated/α-hetero) is 1. The third-order valence-corrected chi connectivity index (χ3v) is 51.2. The van der Waals surface area contributed by atoms with Gasteiger partial charge in [-0.15, -0.1) is 0 Å². The SMILES string of the molecule is C=CCOC(=O)C[C@H]1C[C@H](OC(C)=O)C[C@@]2(C[C@@](C)(O[Si](CC)(CC)CC)C[C@H](CC(=C)[C@@H](C)[C@H](OC(C)=O)[C@H](C)C(=O)C[C@@H]3C[C@H](OC)C[C@]4(C[C@@H](O[Si](C)(C)C(C)(C)C)C[C@H](/C=C/CCC[C@H]5O[C@@](OC)([C@@H](O[Si](CC)(CC)CC)[C@@H]6OC=C[C@H](O[Si](CC)(CC)CC)[C@H]6C)C[C@H](O[Si](C)(C)C(C)(C)C)[C@H]5C)O4)O3)O2)O1. The molecule has 0 N–H and O–H groups in total. The maximum atomic E-state index is 15.2. The van der Waals surface area contributed by atoms with Crippen LogP contribution in [0, 0.1) is 23.7 Å². The lowest BCUT2D eigenvalue weighted by Crippen LogP contribution is -2.67. The summed E-state index contributed by atoms with van der Waals surface area (Å²) in [5.74, 6) is -6.57. The molecule has 0 radical (unpaired) electrons. The van der Waals surface area contributed by atoms with E-state index < -0.39 is 137 Å². The molecule has 113 heavy (non-hydrogen) atoms. The zero-order chi connectivity index (χ0) is 84.7. The van der Waals surface area contributed by atoms with E-state index in [2.05, 4.69) is 182 Å². The molecule has 6 aliphatic rings. The third kappa shape index (κ3) is 25.8. The minimum atomic E-state index is -2.36. The average Bonchev–Trinajstić information content (AvgIpc) is 0.747. The van der Waals surface area contributed by atoms with Crippen LogP contribution in [0.25, 0.3) is 0 Å². The molecule has 6 aliphatic heterocycles. The first-order valence-corrected chi connectivity index (χ1v) is 57.3. The van der Waals surface area contributed by atoms with E-state index in [1.807, 2.05) is 20.1 Å².